The van der Waals surface area contributed by atoms with E-state index < -0.39 is 27.0 Å². The molecule has 6 nitrogen and oxygen atoms in total. The topological polar surface area (TPSA) is 83.9 Å². The number of carbonyl (C=O) groups is 1. The molecule has 116 valence electrons. The highest BCUT2D eigenvalue weighted by molar-refractivity contribution is 7.89. The fourth-order valence-corrected chi connectivity index (χ4v) is 5.41. The van der Waals surface area contributed by atoms with E-state index >= 15 is 0 Å². The quantitative estimate of drug-likeness (QED) is 0.817. The van der Waals surface area contributed by atoms with Gasteiger partial charge in [-0.15, -0.1) is 0 Å². The van der Waals surface area contributed by atoms with Crippen molar-refractivity contribution in [3.05, 3.63) is 0 Å². The van der Waals surface area contributed by atoms with Crippen molar-refractivity contribution >= 4 is 16.0 Å². The van der Waals surface area contributed by atoms with E-state index in [-0.39, 0.29) is 18.2 Å². The molecular weight excluding hydrogens is 282 g/mol. The fraction of sp³-hybridized carbons (Fsp3) is 0.923. The van der Waals surface area contributed by atoms with Crippen molar-refractivity contribution in [2.45, 2.75) is 38.7 Å². The van der Waals surface area contributed by atoms with Gasteiger partial charge in [0.25, 0.3) is 0 Å². The summed E-state index contributed by atoms with van der Waals surface area (Å²) in [6, 6.07) is 0. The van der Waals surface area contributed by atoms with Crippen LogP contribution in [0.15, 0.2) is 0 Å². The van der Waals surface area contributed by atoms with Gasteiger partial charge in [-0.1, -0.05) is 6.42 Å². The Bertz CT molecular complexity index is 501. The van der Waals surface area contributed by atoms with Gasteiger partial charge in [-0.25, -0.2) is 12.7 Å². The molecule has 1 N–H and O–H groups in total. The molecule has 0 spiro atoms. The number of carboxylic acids is 1. The minimum atomic E-state index is -3.50. The highest BCUT2D eigenvalue weighted by Crippen LogP contribution is 2.49. The third-order valence-electron chi connectivity index (χ3n) is 4.74. The standard InChI is InChI=1S/C13H23NO5S/c1-12(2,19-3)9-20(17,18)14-7-10-5-4-6-13(10,8-14)11(15)16/h10H,4-9H2,1-3H3,(H,15,16)/t10-,13+/m0/s1. The number of carboxylic acid groups (broad SMARTS) is 1. The number of hydrogen-bond donors (Lipinski definition) is 1. The van der Waals surface area contributed by atoms with Crippen molar-refractivity contribution in [3.63, 3.8) is 0 Å². The molecule has 20 heavy (non-hydrogen) atoms. The Morgan fingerprint density at radius 2 is 2.15 bits per heavy atom. The van der Waals surface area contributed by atoms with Crippen molar-refractivity contribution in [3.8, 4) is 0 Å². The van der Waals surface area contributed by atoms with E-state index in [2.05, 4.69) is 0 Å². The van der Waals surface area contributed by atoms with Gasteiger partial charge in [0, 0.05) is 20.2 Å². The maximum Gasteiger partial charge on any atom is 0.311 e. The van der Waals surface area contributed by atoms with Crippen LogP contribution in [0.2, 0.25) is 0 Å². The summed E-state index contributed by atoms with van der Waals surface area (Å²) >= 11 is 0. The van der Waals surface area contributed by atoms with Crippen LogP contribution in [0.25, 0.3) is 0 Å². The lowest BCUT2D eigenvalue weighted by atomic mass is 9.81. The first kappa shape index (κ1) is 15.7. The van der Waals surface area contributed by atoms with E-state index in [1.807, 2.05) is 0 Å². The van der Waals surface area contributed by atoms with Crippen molar-refractivity contribution < 1.29 is 23.1 Å². The molecule has 0 aromatic carbocycles. The van der Waals surface area contributed by atoms with Gasteiger partial charge in [-0.2, -0.15) is 0 Å². The molecule has 0 aromatic rings. The van der Waals surface area contributed by atoms with Gasteiger partial charge in [-0.05, 0) is 32.6 Å². The molecule has 1 saturated carbocycles. The second kappa shape index (κ2) is 4.96. The number of methoxy groups -OCH3 is 1. The molecule has 0 amide bonds. The molecule has 0 bridgehead atoms. The molecule has 0 aromatic heterocycles. The van der Waals surface area contributed by atoms with Crippen LogP contribution in [0.3, 0.4) is 0 Å². The molecule has 0 radical (unpaired) electrons. The van der Waals surface area contributed by atoms with Gasteiger partial charge in [0.15, 0.2) is 0 Å². The van der Waals surface area contributed by atoms with E-state index in [0.717, 1.165) is 12.8 Å². The van der Waals surface area contributed by atoms with Crippen LogP contribution in [0.1, 0.15) is 33.1 Å². The zero-order valence-electron chi connectivity index (χ0n) is 12.3. The third-order valence-corrected chi connectivity index (χ3v) is 6.87. The second-order valence-electron chi connectivity index (χ2n) is 6.56. The predicted molar refractivity (Wildman–Crippen MR) is 73.9 cm³/mol. The Morgan fingerprint density at radius 1 is 1.50 bits per heavy atom. The summed E-state index contributed by atoms with van der Waals surface area (Å²) in [5, 5.41) is 9.49. The van der Waals surface area contributed by atoms with Crippen LogP contribution >= 0.6 is 0 Å². The molecule has 1 aliphatic heterocycles. The van der Waals surface area contributed by atoms with Crippen molar-refractivity contribution in [2.24, 2.45) is 11.3 Å². The number of hydrogen-bond acceptors (Lipinski definition) is 4. The summed E-state index contributed by atoms with van der Waals surface area (Å²) in [4.78, 5) is 11.6. The summed E-state index contributed by atoms with van der Waals surface area (Å²) in [7, 11) is -2.02. The number of aliphatic carboxylic acids is 1. The number of nitrogens with zero attached hydrogens (tertiary/aromatic N) is 1. The Labute approximate surface area is 120 Å². The number of rotatable bonds is 5. The summed E-state index contributed by atoms with van der Waals surface area (Å²) in [5.41, 5.74) is -1.64. The average molecular weight is 305 g/mol. The molecular formula is C13H23NO5S. The van der Waals surface area contributed by atoms with Crippen LogP contribution in [0, 0.1) is 11.3 Å². The van der Waals surface area contributed by atoms with Crippen LogP contribution in [0.4, 0.5) is 0 Å². The first-order valence-electron chi connectivity index (χ1n) is 6.89. The van der Waals surface area contributed by atoms with Crippen LogP contribution < -0.4 is 0 Å². The molecule has 1 aliphatic carbocycles. The van der Waals surface area contributed by atoms with Crippen molar-refractivity contribution in [1.82, 2.24) is 4.31 Å². The first-order valence-corrected chi connectivity index (χ1v) is 8.50. The third kappa shape index (κ3) is 2.58. The number of sulfonamides is 1. The lowest BCUT2D eigenvalue weighted by Gasteiger charge is -2.27. The Balaban J connectivity index is 2.19. The maximum atomic E-state index is 12.5. The average Bonchev–Trinajstić information content (AvgIpc) is 2.84. The zero-order valence-corrected chi connectivity index (χ0v) is 13.1. The van der Waals surface area contributed by atoms with Crippen LogP contribution in [-0.4, -0.2) is 55.4 Å². The smallest absolute Gasteiger partial charge is 0.311 e. The van der Waals surface area contributed by atoms with E-state index in [4.69, 9.17) is 4.74 Å². The zero-order chi connectivity index (χ0) is 15.2. The molecule has 1 saturated heterocycles. The lowest BCUT2D eigenvalue weighted by Crippen LogP contribution is -2.42. The first-order chi connectivity index (χ1) is 9.13. The van der Waals surface area contributed by atoms with Crippen molar-refractivity contribution in [1.29, 1.82) is 0 Å². The van der Waals surface area contributed by atoms with Gasteiger partial charge in [0.1, 0.15) is 0 Å². The molecule has 0 unspecified atom stereocenters. The van der Waals surface area contributed by atoms with Gasteiger partial charge in [-0.3, -0.25) is 4.79 Å². The van der Waals surface area contributed by atoms with Gasteiger partial charge < -0.3 is 9.84 Å². The van der Waals surface area contributed by atoms with E-state index in [9.17, 15) is 18.3 Å². The number of ether oxygens (including phenoxy) is 1. The predicted octanol–water partition coefficient (Wildman–Crippen LogP) is 0.928. The monoisotopic (exact) mass is 305 g/mol. The largest absolute Gasteiger partial charge is 0.481 e. The molecule has 7 heteroatoms. The normalized spacial score (nSPS) is 31.4. The van der Waals surface area contributed by atoms with Crippen LogP contribution in [-0.2, 0) is 19.6 Å². The summed E-state index contributed by atoms with van der Waals surface area (Å²) in [6.07, 6.45) is 2.24. The Kier molecular flexibility index (Phi) is 3.90. The molecule has 2 rings (SSSR count). The minimum absolute atomic E-state index is 0.0552. The van der Waals surface area contributed by atoms with Crippen molar-refractivity contribution in [2.75, 3.05) is 26.0 Å². The molecule has 2 atom stereocenters. The highest BCUT2D eigenvalue weighted by atomic mass is 32.2. The Hall–Kier alpha value is -0.660. The van der Waals surface area contributed by atoms with E-state index in [0.29, 0.717) is 13.0 Å². The minimum Gasteiger partial charge on any atom is -0.481 e. The SMILES string of the molecule is COC(C)(C)CS(=O)(=O)N1C[C@@H]2CCC[C@@]2(C(=O)O)C1. The molecule has 1 heterocycles. The van der Waals surface area contributed by atoms with Gasteiger partial charge in [0.05, 0.1) is 16.8 Å². The van der Waals surface area contributed by atoms with Gasteiger partial charge >= 0.3 is 5.97 Å². The lowest BCUT2D eigenvalue weighted by molar-refractivity contribution is -0.149. The second-order valence-corrected chi connectivity index (χ2v) is 8.53. The summed E-state index contributed by atoms with van der Waals surface area (Å²) in [5.74, 6) is -1.04. The summed E-state index contributed by atoms with van der Waals surface area (Å²) in [6.45, 7) is 3.87. The molecule has 2 fully saturated rings. The van der Waals surface area contributed by atoms with Crippen LogP contribution in [0.5, 0.6) is 0 Å². The van der Waals surface area contributed by atoms with E-state index in [1.54, 1.807) is 13.8 Å². The number of fused-ring (bicyclic) bond motifs is 1. The Morgan fingerprint density at radius 3 is 2.65 bits per heavy atom. The maximum absolute atomic E-state index is 12.5. The highest BCUT2D eigenvalue weighted by Gasteiger charge is 2.57. The molecule has 2 aliphatic rings. The van der Waals surface area contributed by atoms with E-state index in [1.165, 1.54) is 11.4 Å². The summed E-state index contributed by atoms with van der Waals surface area (Å²) < 4.78 is 31.4. The van der Waals surface area contributed by atoms with Gasteiger partial charge in [0.2, 0.25) is 10.0 Å². The fourth-order valence-electron chi connectivity index (χ4n) is 3.39.